The number of nitrogens with one attached hydrogen (secondary N) is 1. The van der Waals surface area contributed by atoms with E-state index in [1.54, 1.807) is 24.4 Å². The van der Waals surface area contributed by atoms with Crippen LogP contribution in [0, 0.1) is 5.82 Å². The van der Waals surface area contributed by atoms with Crippen molar-refractivity contribution in [3.8, 4) is 11.6 Å². The highest BCUT2D eigenvalue weighted by Gasteiger charge is 2.09. The van der Waals surface area contributed by atoms with Crippen LogP contribution >= 0.6 is 11.8 Å². The summed E-state index contributed by atoms with van der Waals surface area (Å²) in [6, 6.07) is 19.2. The minimum absolute atomic E-state index is 0.0839. The predicted octanol–water partition coefficient (Wildman–Crippen LogP) is 4.42. The molecule has 0 radical (unpaired) electrons. The molecule has 0 aliphatic carbocycles. The quantitative estimate of drug-likeness (QED) is 0.627. The third-order valence-corrected chi connectivity index (χ3v) is 4.46. The zero-order chi connectivity index (χ0) is 18.2. The Bertz CT molecular complexity index is 874. The molecule has 1 amide bonds. The summed E-state index contributed by atoms with van der Waals surface area (Å²) in [4.78, 5) is 17.3. The van der Waals surface area contributed by atoms with Gasteiger partial charge in [0, 0.05) is 29.3 Å². The van der Waals surface area contributed by atoms with Crippen molar-refractivity contribution in [1.29, 1.82) is 0 Å². The molecule has 3 aromatic rings. The molecule has 0 bridgehead atoms. The van der Waals surface area contributed by atoms with Crippen molar-refractivity contribution in [2.75, 3.05) is 5.75 Å². The third kappa shape index (κ3) is 5.32. The van der Waals surface area contributed by atoms with Gasteiger partial charge in [0.2, 0.25) is 11.8 Å². The van der Waals surface area contributed by atoms with Crippen molar-refractivity contribution in [1.82, 2.24) is 10.3 Å². The molecule has 0 saturated carbocycles. The van der Waals surface area contributed by atoms with Crippen molar-refractivity contribution < 1.29 is 13.9 Å². The number of hydrogen-bond acceptors (Lipinski definition) is 4. The van der Waals surface area contributed by atoms with E-state index in [1.165, 1.54) is 23.9 Å². The lowest BCUT2D eigenvalue weighted by atomic mass is 10.2. The number of halogens is 1. The minimum atomic E-state index is -0.383. The predicted molar refractivity (Wildman–Crippen MR) is 99.7 cm³/mol. The SMILES string of the molecule is O=C(CSc1ccccc1)NCc1cccnc1Oc1cccc(F)c1. The normalized spacial score (nSPS) is 10.3. The van der Waals surface area contributed by atoms with Crippen molar-refractivity contribution in [2.24, 2.45) is 0 Å². The Labute approximate surface area is 155 Å². The number of nitrogens with zero attached hydrogens (tertiary/aromatic N) is 1. The Kier molecular flexibility index (Phi) is 6.22. The van der Waals surface area contributed by atoms with Crippen molar-refractivity contribution in [2.45, 2.75) is 11.4 Å². The van der Waals surface area contributed by atoms with Gasteiger partial charge in [-0.2, -0.15) is 0 Å². The third-order valence-electron chi connectivity index (χ3n) is 3.45. The van der Waals surface area contributed by atoms with Crippen molar-refractivity contribution in [3.05, 3.63) is 84.3 Å². The minimum Gasteiger partial charge on any atom is -0.439 e. The first-order chi connectivity index (χ1) is 12.7. The number of benzene rings is 2. The number of thioether (sulfide) groups is 1. The van der Waals surface area contributed by atoms with Crippen LogP contribution in [0.4, 0.5) is 4.39 Å². The van der Waals surface area contributed by atoms with Gasteiger partial charge in [0.05, 0.1) is 5.75 Å². The highest BCUT2D eigenvalue weighted by molar-refractivity contribution is 8.00. The fraction of sp³-hybridized carbons (Fsp3) is 0.100. The summed E-state index contributed by atoms with van der Waals surface area (Å²) in [5, 5.41) is 2.85. The molecule has 0 aliphatic heterocycles. The maximum atomic E-state index is 13.3. The van der Waals surface area contributed by atoms with Gasteiger partial charge in [0.25, 0.3) is 0 Å². The second-order valence-electron chi connectivity index (χ2n) is 5.41. The van der Waals surface area contributed by atoms with Gasteiger partial charge < -0.3 is 10.1 Å². The number of ether oxygens (including phenoxy) is 1. The maximum absolute atomic E-state index is 13.3. The van der Waals surface area contributed by atoms with Gasteiger partial charge in [0.1, 0.15) is 11.6 Å². The number of carbonyl (C=O) groups excluding carboxylic acids is 1. The molecular weight excluding hydrogens is 351 g/mol. The summed E-state index contributed by atoms with van der Waals surface area (Å²) in [5.41, 5.74) is 0.717. The molecule has 0 spiro atoms. The van der Waals surface area contributed by atoms with Gasteiger partial charge in [-0.05, 0) is 30.3 Å². The Morgan fingerprint density at radius 3 is 2.73 bits per heavy atom. The monoisotopic (exact) mass is 368 g/mol. The lowest BCUT2D eigenvalue weighted by Crippen LogP contribution is -2.24. The summed E-state index contributed by atoms with van der Waals surface area (Å²) in [7, 11) is 0. The van der Waals surface area contributed by atoms with E-state index in [2.05, 4.69) is 10.3 Å². The number of pyridine rings is 1. The number of hydrogen-bond donors (Lipinski definition) is 1. The molecule has 0 fully saturated rings. The topological polar surface area (TPSA) is 51.2 Å². The van der Waals surface area contributed by atoms with Crippen LogP contribution in [-0.4, -0.2) is 16.6 Å². The highest BCUT2D eigenvalue weighted by atomic mass is 32.2. The summed E-state index contributed by atoms with van der Waals surface area (Å²) in [6.45, 7) is 0.284. The molecule has 1 aromatic heterocycles. The fourth-order valence-corrected chi connectivity index (χ4v) is 2.95. The van der Waals surface area contributed by atoms with Gasteiger partial charge in [-0.1, -0.05) is 30.3 Å². The summed E-state index contributed by atoms with van der Waals surface area (Å²) >= 11 is 1.47. The number of rotatable bonds is 7. The number of aromatic nitrogens is 1. The second-order valence-corrected chi connectivity index (χ2v) is 6.45. The molecule has 0 unspecified atom stereocenters. The van der Waals surface area contributed by atoms with Crippen molar-refractivity contribution in [3.63, 3.8) is 0 Å². The van der Waals surface area contributed by atoms with E-state index in [-0.39, 0.29) is 18.3 Å². The Morgan fingerprint density at radius 2 is 1.92 bits per heavy atom. The van der Waals surface area contributed by atoms with E-state index in [0.717, 1.165) is 10.5 Å². The average Bonchev–Trinajstić information content (AvgIpc) is 2.66. The lowest BCUT2D eigenvalue weighted by Gasteiger charge is -2.11. The zero-order valence-corrected chi connectivity index (χ0v) is 14.7. The van der Waals surface area contributed by atoms with Crippen LogP contribution in [0.3, 0.4) is 0 Å². The van der Waals surface area contributed by atoms with Gasteiger partial charge in [-0.3, -0.25) is 4.79 Å². The summed E-state index contributed by atoms with van der Waals surface area (Å²) in [5.74, 6) is 0.556. The van der Waals surface area contributed by atoms with E-state index < -0.39 is 0 Å². The van der Waals surface area contributed by atoms with Crippen molar-refractivity contribution >= 4 is 17.7 Å². The maximum Gasteiger partial charge on any atom is 0.230 e. The highest BCUT2D eigenvalue weighted by Crippen LogP contribution is 2.23. The van der Waals surface area contributed by atoms with Crippen LogP contribution in [0.2, 0.25) is 0 Å². The molecule has 4 nitrogen and oxygen atoms in total. The van der Waals surface area contributed by atoms with Gasteiger partial charge in [0.15, 0.2) is 0 Å². The fourth-order valence-electron chi connectivity index (χ4n) is 2.20. The Balaban J connectivity index is 1.57. The average molecular weight is 368 g/mol. The van der Waals surface area contributed by atoms with Crippen LogP contribution in [0.5, 0.6) is 11.6 Å². The zero-order valence-electron chi connectivity index (χ0n) is 13.9. The van der Waals surface area contributed by atoms with E-state index in [0.29, 0.717) is 17.4 Å². The summed E-state index contributed by atoms with van der Waals surface area (Å²) in [6.07, 6.45) is 1.59. The molecular formula is C20H17FN2O2S. The van der Waals surface area contributed by atoms with Crippen LogP contribution in [0.15, 0.2) is 77.8 Å². The van der Waals surface area contributed by atoms with Gasteiger partial charge in [-0.25, -0.2) is 9.37 Å². The molecule has 1 heterocycles. The smallest absolute Gasteiger partial charge is 0.230 e. The number of amides is 1. The standard InChI is InChI=1S/C20H17FN2O2S/c21-16-7-4-8-17(12-16)25-20-15(6-5-11-22-20)13-23-19(24)14-26-18-9-2-1-3-10-18/h1-12H,13-14H2,(H,23,24). The van der Waals surface area contributed by atoms with Crippen LogP contribution < -0.4 is 10.1 Å². The number of carbonyl (C=O) groups is 1. The lowest BCUT2D eigenvalue weighted by molar-refractivity contribution is -0.118. The van der Waals surface area contributed by atoms with E-state index in [4.69, 9.17) is 4.74 Å². The first-order valence-corrected chi connectivity index (χ1v) is 9.01. The van der Waals surface area contributed by atoms with Crippen LogP contribution in [-0.2, 0) is 11.3 Å². The molecule has 3 rings (SSSR count). The molecule has 0 atom stereocenters. The summed E-state index contributed by atoms with van der Waals surface area (Å²) < 4.78 is 18.9. The molecule has 26 heavy (non-hydrogen) atoms. The first-order valence-electron chi connectivity index (χ1n) is 8.02. The molecule has 0 aliphatic rings. The van der Waals surface area contributed by atoms with E-state index in [9.17, 15) is 9.18 Å². The largest absolute Gasteiger partial charge is 0.439 e. The Hall–Kier alpha value is -2.86. The molecule has 132 valence electrons. The van der Waals surface area contributed by atoms with E-state index >= 15 is 0 Å². The molecule has 2 aromatic carbocycles. The molecule has 1 N–H and O–H groups in total. The van der Waals surface area contributed by atoms with Gasteiger partial charge >= 0.3 is 0 Å². The molecule has 6 heteroatoms. The van der Waals surface area contributed by atoms with E-state index in [1.807, 2.05) is 36.4 Å². The second kappa shape index (κ2) is 9.01. The van der Waals surface area contributed by atoms with Crippen LogP contribution in [0.1, 0.15) is 5.56 Å². The molecule has 0 saturated heterocycles. The first kappa shape index (κ1) is 17.9. The Morgan fingerprint density at radius 1 is 1.08 bits per heavy atom. The van der Waals surface area contributed by atoms with Gasteiger partial charge in [-0.15, -0.1) is 11.8 Å². The van der Waals surface area contributed by atoms with Crippen LogP contribution in [0.25, 0.3) is 0 Å².